The summed E-state index contributed by atoms with van der Waals surface area (Å²) in [7, 11) is 3.45. The second kappa shape index (κ2) is 5.09. The van der Waals surface area contributed by atoms with E-state index in [2.05, 4.69) is 27.0 Å². The summed E-state index contributed by atoms with van der Waals surface area (Å²) in [4.78, 5) is 15.9. The SMILES string of the molecule is COC(=O)c1ccnnc1N1CCN(C)CC1. The molecule has 1 aromatic rings. The van der Waals surface area contributed by atoms with E-state index in [9.17, 15) is 4.79 Å². The Morgan fingerprint density at radius 2 is 2.06 bits per heavy atom. The van der Waals surface area contributed by atoms with Crippen molar-refractivity contribution in [2.75, 3.05) is 45.2 Å². The number of anilines is 1. The highest BCUT2D eigenvalue weighted by Gasteiger charge is 2.21. The zero-order valence-corrected chi connectivity index (χ0v) is 10.1. The fraction of sp³-hybridized carbons (Fsp3) is 0.545. The van der Waals surface area contributed by atoms with E-state index < -0.39 is 0 Å². The first-order valence-corrected chi connectivity index (χ1v) is 5.56. The summed E-state index contributed by atoms with van der Waals surface area (Å²) in [5.41, 5.74) is 0.479. The summed E-state index contributed by atoms with van der Waals surface area (Å²) in [6, 6.07) is 1.65. The topological polar surface area (TPSA) is 58.6 Å². The first-order valence-electron chi connectivity index (χ1n) is 5.56. The molecule has 0 aliphatic carbocycles. The van der Waals surface area contributed by atoms with Gasteiger partial charge in [-0.1, -0.05) is 0 Å². The largest absolute Gasteiger partial charge is 0.465 e. The Morgan fingerprint density at radius 1 is 1.35 bits per heavy atom. The van der Waals surface area contributed by atoms with Crippen molar-refractivity contribution in [2.45, 2.75) is 0 Å². The van der Waals surface area contributed by atoms with Crippen LogP contribution in [0.25, 0.3) is 0 Å². The molecular formula is C11H16N4O2. The molecule has 0 spiro atoms. The summed E-state index contributed by atoms with van der Waals surface area (Å²) in [5, 5.41) is 7.90. The number of ether oxygens (including phenoxy) is 1. The summed E-state index contributed by atoms with van der Waals surface area (Å²) in [6.45, 7) is 3.60. The molecule has 0 saturated carbocycles. The van der Waals surface area contributed by atoms with E-state index in [0.717, 1.165) is 26.2 Å². The Morgan fingerprint density at radius 3 is 2.71 bits per heavy atom. The number of esters is 1. The summed E-state index contributed by atoms with van der Waals surface area (Å²) >= 11 is 0. The molecule has 0 aromatic carbocycles. The number of carbonyl (C=O) groups is 1. The van der Waals surface area contributed by atoms with E-state index >= 15 is 0 Å². The lowest BCUT2D eigenvalue weighted by molar-refractivity contribution is 0.0600. The van der Waals surface area contributed by atoms with Crippen LogP contribution in [-0.4, -0.2) is 61.4 Å². The summed E-state index contributed by atoms with van der Waals surface area (Å²) in [6.07, 6.45) is 1.51. The second-order valence-electron chi connectivity index (χ2n) is 4.05. The van der Waals surface area contributed by atoms with Crippen molar-refractivity contribution in [1.82, 2.24) is 15.1 Å². The van der Waals surface area contributed by atoms with Gasteiger partial charge in [0, 0.05) is 26.2 Å². The number of carbonyl (C=O) groups excluding carboxylic acids is 1. The van der Waals surface area contributed by atoms with Crippen LogP contribution in [0.3, 0.4) is 0 Å². The molecule has 1 saturated heterocycles. The molecule has 2 rings (SSSR count). The van der Waals surface area contributed by atoms with Crippen LogP contribution in [0.15, 0.2) is 12.3 Å². The van der Waals surface area contributed by atoms with Gasteiger partial charge < -0.3 is 14.5 Å². The molecular weight excluding hydrogens is 220 g/mol. The van der Waals surface area contributed by atoms with E-state index in [-0.39, 0.29) is 5.97 Å². The highest BCUT2D eigenvalue weighted by Crippen LogP contribution is 2.18. The predicted molar refractivity (Wildman–Crippen MR) is 63.1 cm³/mol. The molecule has 1 fully saturated rings. The van der Waals surface area contributed by atoms with Gasteiger partial charge in [-0.25, -0.2) is 4.79 Å². The van der Waals surface area contributed by atoms with Gasteiger partial charge in [-0.2, -0.15) is 5.10 Å². The zero-order chi connectivity index (χ0) is 12.3. The fourth-order valence-corrected chi connectivity index (χ4v) is 1.85. The number of nitrogens with zero attached hydrogens (tertiary/aromatic N) is 4. The van der Waals surface area contributed by atoms with E-state index in [1.807, 2.05) is 0 Å². The minimum atomic E-state index is -0.367. The first kappa shape index (κ1) is 11.8. The minimum Gasteiger partial charge on any atom is -0.465 e. The molecule has 92 valence electrons. The minimum absolute atomic E-state index is 0.367. The average Bonchev–Trinajstić information content (AvgIpc) is 2.39. The lowest BCUT2D eigenvalue weighted by atomic mass is 10.2. The van der Waals surface area contributed by atoms with Gasteiger partial charge in [-0.15, -0.1) is 5.10 Å². The van der Waals surface area contributed by atoms with Gasteiger partial charge in [-0.3, -0.25) is 0 Å². The molecule has 2 heterocycles. The van der Waals surface area contributed by atoms with Crippen LogP contribution in [-0.2, 0) is 4.74 Å². The molecule has 6 nitrogen and oxygen atoms in total. The Hall–Kier alpha value is -1.69. The number of methoxy groups -OCH3 is 1. The maximum Gasteiger partial charge on any atom is 0.341 e. The third kappa shape index (κ3) is 2.52. The average molecular weight is 236 g/mol. The molecule has 1 aliphatic rings. The number of likely N-dealkylation sites (N-methyl/N-ethyl adjacent to an activating group) is 1. The van der Waals surface area contributed by atoms with Gasteiger partial charge in [0.25, 0.3) is 0 Å². The molecule has 0 bridgehead atoms. The maximum absolute atomic E-state index is 11.6. The van der Waals surface area contributed by atoms with Crippen LogP contribution < -0.4 is 4.90 Å². The van der Waals surface area contributed by atoms with Crippen molar-refractivity contribution in [3.63, 3.8) is 0 Å². The van der Waals surface area contributed by atoms with Crippen molar-refractivity contribution in [3.8, 4) is 0 Å². The van der Waals surface area contributed by atoms with Gasteiger partial charge in [-0.05, 0) is 13.1 Å². The van der Waals surface area contributed by atoms with Crippen LogP contribution in [0.2, 0.25) is 0 Å². The number of aromatic nitrogens is 2. The van der Waals surface area contributed by atoms with E-state index in [1.54, 1.807) is 6.07 Å². The molecule has 0 atom stereocenters. The van der Waals surface area contributed by atoms with Crippen LogP contribution in [0.1, 0.15) is 10.4 Å². The standard InChI is InChI=1S/C11H16N4O2/c1-14-5-7-15(8-6-14)10-9(11(16)17-2)3-4-12-13-10/h3-4H,5-8H2,1-2H3. The fourth-order valence-electron chi connectivity index (χ4n) is 1.85. The van der Waals surface area contributed by atoms with Crippen molar-refractivity contribution >= 4 is 11.8 Å². The zero-order valence-electron chi connectivity index (χ0n) is 10.1. The van der Waals surface area contributed by atoms with Crippen LogP contribution in [0.4, 0.5) is 5.82 Å². The number of hydrogen-bond acceptors (Lipinski definition) is 6. The van der Waals surface area contributed by atoms with Crippen LogP contribution in [0, 0.1) is 0 Å². The summed E-state index contributed by atoms with van der Waals surface area (Å²) < 4.78 is 4.75. The summed E-state index contributed by atoms with van der Waals surface area (Å²) in [5.74, 6) is 0.251. The van der Waals surface area contributed by atoms with Crippen molar-refractivity contribution < 1.29 is 9.53 Å². The van der Waals surface area contributed by atoms with Crippen molar-refractivity contribution in [2.24, 2.45) is 0 Å². The quantitative estimate of drug-likeness (QED) is 0.674. The highest BCUT2D eigenvalue weighted by molar-refractivity contribution is 5.94. The smallest absolute Gasteiger partial charge is 0.341 e. The Labute approximate surface area is 100 Å². The third-order valence-electron chi connectivity index (χ3n) is 2.91. The number of piperazine rings is 1. The Bertz CT molecular complexity index is 402. The monoisotopic (exact) mass is 236 g/mol. The molecule has 6 heteroatoms. The van der Waals surface area contributed by atoms with E-state index in [0.29, 0.717) is 11.4 Å². The number of rotatable bonds is 2. The molecule has 0 unspecified atom stereocenters. The second-order valence-corrected chi connectivity index (χ2v) is 4.05. The van der Waals surface area contributed by atoms with E-state index in [1.165, 1.54) is 13.3 Å². The molecule has 0 N–H and O–H groups in total. The molecule has 1 aliphatic heterocycles. The molecule has 1 aromatic heterocycles. The van der Waals surface area contributed by atoms with Gasteiger partial charge in [0.2, 0.25) is 0 Å². The third-order valence-corrected chi connectivity index (χ3v) is 2.91. The van der Waals surface area contributed by atoms with Crippen molar-refractivity contribution in [3.05, 3.63) is 17.8 Å². The molecule has 0 radical (unpaired) electrons. The lowest BCUT2D eigenvalue weighted by Crippen LogP contribution is -2.45. The van der Waals surface area contributed by atoms with E-state index in [4.69, 9.17) is 4.74 Å². The van der Waals surface area contributed by atoms with Crippen molar-refractivity contribution in [1.29, 1.82) is 0 Å². The molecule has 17 heavy (non-hydrogen) atoms. The van der Waals surface area contributed by atoms with Crippen LogP contribution in [0.5, 0.6) is 0 Å². The highest BCUT2D eigenvalue weighted by atomic mass is 16.5. The van der Waals surface area contributed by atoms with Gasteiger partial charge in [0.1, 0.15) is 5.56 Å². The van der Waals surface area contributed by atoms with Gasteiger partial charge >= 0.3 is 5.97 Å². The number of hydrogen-bond donors (Lipinski definition) is 0. The normalized spacial score (nSPS) is 16.9. The Kier molecular flexibility index (Phi) is 3.53. The Balaban J connectivity index is 2.23. The first-order chi connectivity index (χ1) is 8.22. The van der Waals surface area contributed by atoms with Crippen LogP contribution >= 0.6 is 0 Å². The lowest BCUT2D eigenvalue weighted by Gasteiger charge is -2.33. The van der Waals surface area contributed by atoms with Gasteiger partial charge in [0.05, 0.1) is 13.3 Å². The predicted octanol–water partition coefficient (Wildman–Crippen LogP) is 0.0150. The molecule has 0 amide bonds. The van der Waals surface area contributed by atoms with Gasteiger partial charge in [0.15, 0.2) is 5.82 Å². The maximum atomic E-state index is 11.6.